The van der Waals surface area contributed by atoms with E-state index in [2.05, 4.69) is 29.6 Å². The minimum atomic E-state index is 0.0847. The highest BCUT2D eigenvalue weighted by molar-refractivity contribution is 8.04. The molecule has 2 nitrogen and oxygen atoms in total. The molecule has 3 rings (SSSR count). The second-order valence-corrected chi connectivity index (χ2v) is 4.93. The normalized spacial score (nSPS) is 17.6. The molecule has 0 unspecified atom stereocenters. The van der Waals surface area contributed by atoms with Crippen LogP contribution in [0.15, 0.2) is 47.5 Å². The van der Waals surface area contributed by atoms with Crippen LogP contribution >= 0.6 is 11.8 Å². The molecule has 1 amide bonds. The van der Waals surface area contributed by atoms with E-state index >= 15 is 0 Å². The second kappa shape index (κ2) is 4.26. The van der Waals surface area contributed by atoms with Crippen LogP contribution in [0.5, 0.6) is 0 Å². The van der Waals surface area contributed by atoms with Gasteiger partial charge in [0.1, 0.15) is 0 Å². The van der Waals surface area contributed by atoms with Gasteiger partial charge in [0.25, 0.3) is 0 Å². The summed E-state index contributed by atoms with van der Waals surface area (Å²) in [5, 5.41) is 6.22. The average molecular weight is 241 g/mol. The summed E-state index contributed by atoms with van der Waals surface area (Å²) in [6.45, 7) is 0. The first kappa shape index (κ1) is 10.4. The van der Waals surface area contributed by atoms with Crippen molar-refractivity contribution in [2.75, 3.05) is 5.75 Å². The third-order valence-electron chi connectivity index (χ3n) is 2.73. The van der Waals surface area contributed by atoms with E-state index < -0.39 is 0 Å². The number of fused-ring (bicyclic) bond motifs is 1. The molecular formula is C14H11NOS. The zero-order chi connectivity index (χ0) is 11.7. The van der Waals surface area contributed by atoms with E-state index in [0.29, 0.717) is 5.75 Å². The lowest BCUT2D eigenvalue weighted by Gasteiger charge is -2.03. The Balaban J connectivity index is 2.09. The van der Waals surface area contributed by atoms with Crippen molar-refractivity contribution in [3.05, 3.63) is 53.1 Å². The first-order valence-corrected chi connectivity index (χ1v) is 6.43. The fourth-order valence-electron chi connectivity index (χ4n) is 1.95. The van der Waals surface area contributed by atoms with Gasteiger partial charge < -0.3 is 5.32 Å². The van der Waals surface area contributed by atoms with Crippen molar-refractivity contribution in [1.82, 2.24) is 5.32 Å². The van der Waals surface area contributed by atoms with Gasteiger partial charge in [-0.2, -0.15) is 0 Å². The van der Waals surface area contributed by atoms with Crippen LogP contribution in [0.1, 0.15) is 5.56 Å². The van der Waals surface area contributed by atoms with Crippen molar-refractivity contribution in [2.45, 2.75) is 0 Å². The summed E-state index contributed by atoms with van der Waals surface area (Å²) in [5.74, 6) is 0.609. The van der Waals surface area contributed by atoms with E-state index in [0.717, 1.165) is 10.6 Å². The minimum Gasteiger partial charge on any atom is -0.320 e. The van der Waals surface area contributed by atoms with E-state index in [4.69, 9.17) is 0 Å². The maximum atomic E-state index is 11.1. The largest absolute Gasteiger partial charge is 0.320 e. The molecule has 0 saturated carbocycles. The lowest BCUT2D eigenvalue weighted by Crippen LogP contribution is -2.13. The van der Waals surface area contributed by atoms with Crippen molar-refractivity contribution in [1.29, 1.82) is 0 Å². The molecule has 84 valence electrons. The maximum absolute atomic E-state index is 11.1. The first-order valence-electron chi connectivity index (χ1n) is 5.45. The summed E-state index contributed by atoms with van der Waals surface area (Å²) in [4.78, 5) is 11.1. The molecule has 2 aromatic rings. The molecule has 0 spiro atoms. The van der Waals surface area contributed by atoms with Crippen molar-refractivity contribution in [2.24, 2.45) is 0 Å². The monoisotopic (exact) mass is 241 g/mol. The number of benzene rings is 2. The molecule has 1 saturated heterocycles. The number of amides is 1. The molecule has 17 heavy (non-hydrogen) atoms. The van der Waals surface area contributed by atoms with Crippen molar-refractivity contribution in [3.8, 4) is 0 Å². The molecule has 1 aliphatic heterocycles. The van der Waals surface area contributed by atoms with Crippen molar-refractivity contribution < 1.29 is 4.79 Å². The highest BCUT2D eigenvalue weighted by Crippen LogP contribution is 2.25. The SMILES string of the molecule is O=C1CSC(=Cc2cccc3ccccc23)N1. The van der Waals surface area contributed by atoms with E-state index in [1.165, 1.54) is 10.8 Å². The van der Waals surface area contributed by atoms with Crippen LogP contribution in [-0.2, 0) is 4.79 Å². The van der Waals surface area contributed by atoms with Gasteiger partial charge in [-0.15, -0.1) is 0 Å². The Hall–Kier alpha value is -1.74. The highest BCUT2D eigenvalue weighted by Gasteiger charge is 2.14. The predicted molar refractivity (Wildman–Crippen MR) is 72.5 cm³/mol. The van der Waals surface area contributed by atoms with Crippen LogP contribution in [0.4, 0.5) is 0 Å². The topological polar surface area (TPSA) is 29.1 Å². The van der Waals surface area contributed by atoms with Crippen molar-refractivity contribution >= 4 is 34.5 Å². The van der Waals surface area contributed by atoms with Gasteiger partial charge in [0.2, 0.25) is 5.91 Å². The molecule has 1 heterocycles. The van der Waals surface area contributed by atoms with Crippen LogP contribution in [0, 0.1) is 0 Å². The molecule has 0 atom stereocenters. The zero-order valence-corrected chi connectivity index (χ0v) is 9.96. The van der Waals surface area contributed by atoms with Gasteiger partial charge in [0.15, 0.2) is 0 Å². The van der Waals surface area contributed by atoms with Gasteiger partial charge >= 0.3 is 0 Å². The van der Waals surface area contributed by atoms with Crippen LogP contribution in [0.2, 0.25) is 0 Å². The Kier molecular flexibility index (Phi) is 2.61. The number of rotatable bonds is 1. The lowest BCUT2D eigenvalue weighted by atomic mass is 10.0. The summed E-state index contributed by atoms with van der Waals surface area (Å²) in [6, 6.07) is 14.5. The molecule has 1 aliphatic rings. The van der Waals surface area contributed by atoms with Gasteiger partial charge in [0, 0.05) is 0 Å². The molecule has 0 aliphatic carbocycles. The molecule has 0 aromatic heterocycles. The van der Waals surface area contributed by atoms with E-state index in [1.54, 1.807) is 11.8 Å². The van der Waals surface area contributed by atoms with E-state index in [9.17, 15) is 4.79 Å². The number of thioether (sulfide) groups is 1. The molecule has 1 N–H and O–H groups in total. The van der Waals surface area contributed by atoms with Gasteiger partial charge in [0.05, 0.1) is 10.8 Å². The Labute approximate surface area is 104 Å². The number of hydrogen-bond acceptors (Lipinski definition) is 2. The predicted octanol–water partition coefficient (Wildman–Crippen LogP) is 3.00. The quantitative estimate of drug-likeness (QED) is 0.831. The molecule has 2 aromatic carbocycles. The third-order valence-corrected chi connectivity index (χ3v) is 3.67. The summed E-state index contributed by atoms with van der Waals surface area (Å²) in [7, 11) is 0. The Bertz CT molecular complexity index is 613. The van der Waals surface area contributed by atoms with Gasteiger partial charge in [-0.3, -0.25) is 4.79 Å². The maximum Gasteiger partial charge on any atom is 0.235 e. The van der Waals surface area contributed by atoms with Gasteiger partial charge in [-0.05, 0) is 22.4 Å². The zero-order valence-electron chi connectivity index (χ0n) is 9.14. The van der Waals surface area contributed by atoms with Gasteiger partial charge in [-0.1, -0.05) is 54.2 Å². The van der Waals surface area contributed by atoms with Crippen LogP contribution in [-0.4, -0.2) is 11.7 Å². The molecular weight excluding hydrogens is 230 g/mol. The summed E-state index contributed by atoms with van der Waals surface area (Å²) in [5.41, 5.74) is 1.15. The van der Waals surface area contributed by atoms with Gasteiger partial charge in [-0.25, -0.2) is 0 Å². The summed E-state index contributed by atoms with van der Waals surface area (Å²) < 4.78 is 0. The number of nitrogens with one attached hydrogen (secondary N) is 1. The van der Waals surface area contributed by atoms with E-state index in [-0.39, 0.29) is 5.91 Å². The lowest BCUT2D eigenvalue weighted by molar-refractivity contribution is -0.117. The average Bonchev–Trinajstić information content (AvgIpc) is 2.75. The Morgan fingerprint density at radius 1 is 1.12 bits per heavy atom. The molecule has 3 heteroatoms. The Morgan fingerprint density at radius 3 is 2.76 bits per heavy atom. The summed E-state index contributed by atoms with van der Waals surface area (Å²) in [6.07, 6.45) is 2.04. The van der Waals surface area contributed by atoms with E-state index in [1.807, 2.05) is 24.3 Å². The molecule has 1 fully saturated rings. The second-order valence-electron chi connectivity index (χ2n) is 3.91. The van der Waals surface area contributed by atoms with Crippen LogP contribution < -0.4 is 5.32 Å². The van der Waals surface area contributed by atoms with Crippen molar-refractivity contribution in [3.63, 3.8) is 0 Å². The van der Waals surface area contributed by atoms with Crippen LogP contribution in [0.25, 0.3) is 16.8 Å². The number of hydrogen-bond donors (Lipinski definition) is 1. The fraction of sp³-hybridized carbons (Fsp3) is 0.0714. The molecule has 0 radical (unpaired) electrons. The molecule has 0 bridgehead atoms. The Morgan fingerprint density at radius 2 is 1.94 bits per heavy atom. The first-order chi connectivity index (χ1) is 8.33. The highest BCUT2D eigenvalue weighted by atomic mass is 32.2. The smallest absolute Gasteiger partial charge is 0.235 e. The number of carbonyl (C=O) groups excluding carboxylic acids is 1. The third kappa shape index (κ3) is 2.06. The number of carbonyl (C=O) groups is 1. The minimum absolute atomic E-state index is 0.0847. The fourth-order valence-corrected chi connectivity index (χ4v) is 2.70. The summed E-state index contributed by atoms with van der Waals surface area (Å²) >= 11 is 1.55. The standard InChI is InChI=1S/C14H11NOS/c16-13-9-17-14(15-13)8-11-6-3-5-10-4-1-2-7-12(10)11/h1-8H,9H2,(H,15,16). The van der Waals surface area contributed by atoms with Crippen LogP contribution in [0.3, 0.4) is 0 Å².